The highest BCUT2D eigenvalue weighted by Gasteiger charge is 2.12. The molecule has 3 aromatic rings. The van der Waals surface area contributed by atoms with Crippen LogP contribution in [0, 0.1) is 5.82 Å². The number of alkyl halides is 1. The molecule has 0 bridgehead atoms. The first-order chi connectivity index (χ1) is 9.29. The molecule has 3 rings (SSSR count). The second kappa shape index (κ2) is 5.02. The molecule has 0 spiro atoms. The van der Waals surface area contributed by atoms with Crippen molar-refractivity contribution < 1.29 is 4.39 Å². The Morgan fingerprint density at radius 2 is 1.89 bits per heavy atom. The van der Waals surface area contributed by atoms with Crippen LogP contribution in [-0.2, 0) is 6.42 Å². The van der Waals surface area contributed by atoms with Crippen LogP contribution in [0.15, 0.2) is 48.5 Å². The van der Waals surface area contributed by atoms with Gasteiger partial charge >= 0.3 is 0 Å². The minimum Gasteiger partial charge on any atom is -0.296 e. The van der Waals surface area contributed by atoms with E-state index in [1.165, 1.54) is 12.1 Å². The number of rotatable bonds is 3. The molecule has 0 aliphatic carbocycles. The topological polar surface area (TPSA) is 17.8 Å². The zero-order chi connectivity index (χ0) is 13.2. The smallest absolute Gasteiger partial charge is 0.125 e. The number of nitrogens with zero attached hydrogens (tertiary/aromatic N) is 2. The van der Waals surface area contributed by atoms with Crippen molar-refractivity contribution >= 4 is 22.6 Å². The monoisotopic (exact) mass is 274 g/mol. The third-order valence-electron chi connectivity index (χ3n) is 3.02. The quantitative estimate of drug-likeness (QED) is 0.662. The van der Waals surface area contributed by atoms with Crippen LogP contribution in [0.1, 0.15) is 5.82 Å². The Hall–Kier alpha value is -1.87. The predicted octanol–water partition coefficient (Wildman–Crippen LogP) is 3.95. The average molecular weight is 275 g/mol. The lowest BCUT2D eigenvalue weighted by atomic mass is 10.2. The molecule has 1 heterocycles. The number of fused-ring (bicyclic) bond motifs is 1. The van der Waals surface area contributed by atoms with Crippen molar-refractivity contribution in [1.82, 2.24) is 9.55 Å². The summed E-state index contributed by atoms with van der Waals surface area (Å²) in [4.78, 5) is 4.48. The van der Waals surface area contributed by atoms with Gasteiger partial charge in [0, 0.05) is 24.1 Å². The first kappa shape index (κ1) is 12.2. The minimum absolute atomic E-state index is 0.275. The number of halogens is 2. The predicted molar refractivity (Wildman–Crippen MR) is 75.5 cm³/mol. The summed E-state index contributed by atoms with van der Waals surface area (Å²) in [5.74, 6) is 1.06. The van der Waals surface area contributed by atoms with E-state index in [0.29, 0.717) is 17.8 Å². The summed E-state index contributed by atoms with van der Waals surface area (Å²) in [7, 11) is 0. The van der Waals surface area contributed by atoms with E-state index in [4.69, 9.17) is 11.6 Å². The molecule has 4 heteroatoms. The molecule has 2 aromatic carbocycles. The third-order valence-corrected chi connectivity index (χ3v) is 3.21. The van der Waals surface area contributed by atoms with Gasteiger partial charge in [0.05, 0.1) is 11.0 Å². The van der Waals surface area contributed by atoms with Crippen LogP contribution in [-0.4, -0.2) is 15.4 Å². The molecule has 0 aliphatic rings. The molecule has 96 valence electrons. The van der Waals surface area contributed by atoms with Crippen molar-refractivity contribution in [3.8, 4) is 5.69 Å². The van der Waals surface area contributed by atoms with Crippen molar-refractivity contribution in [2.75, 3.05) is 5.88 Å². The second-order valence-corrected chi connectivity index (χ2v) is 4.65. The Morgan fingerprint density at radius 1 is 1.11 bits per heavy atom. The van der Waals surface area contributed by atoms with Crippen molar-refractivity contribution in [2.45, 2.75) is 6.42 Å². The highest BCUT2D eigenvalue weighted by molar-refractivity contribution is 6.17. The van der Waals surface area contributed by atoms with Gasteiger partial charge in [-0.25, -0.2) is 9.37 Å². The van der Waals surface area contributed by atoms with Crippen LogP contribution in [0.2, 0.25) is 0 Å². The lowest BCUT2D eigenvalue weighted by molar-refractivity contribution is 0.629. The van der Waals surface area contributed by atoms with E-state index in [-0.39, 0.29) is 5.82 Å². The van der Waals surface area contributed by atoms with Gasteiger partial charge in [-0.2, -0.15) is 0 Å². The molecular formula is C15H12ClFN2. The summed E-state index contributed by atoms with van der Waals surface area (Å²) in [5.41, 5.74) is 2.56. The van der Waals surface area contributed by atoms with Gasteiger partial charge in [0.25, 0.3) is 0 Å². The molecule has 0 amide bonds. The first-order valence-electron chi connectivity index (χ1n) is 6.08. The molecule has 19 heavy (non-hydrogen) atoms. The van der Waals surface area contributed by atoms with Gasteiger partial charge in [-0.05, 0) is 24.3 Å². The first-order valence-corrected chi connectivity index (χ1v) is 6.61. The number of imidazole rings is 1. The van der Waals surface area contributed by atoms with Gasteiger partial charge in [0.2, 0.25) is 0 Å². The molecule has 0 saturated heterocycles. The number of para-hydroxylation sites is 1. The summed E-state index contributed by atoms with van der Waals surface area (Å²) < 4.78 is 15.3. The number of hydrogen-bond donors (Lipinski definition) is 0. The van der Waals surface area contributed by atoms with Crippen LogP contribution < -0.4 is 0 Å². The van der Waals surface area contributed by atoms with E-state index in [1.807, 2.05) is 34.9 Å². The zero-order valence-corrected chi connectivity index (χ0v) is 10.9. The maximum Gasteiger partial charge on any atom is 0.125 e. The summed E-state index contributed by atoms with van der Waals surface area (Å²) in [6.07, 6.45) is 0.646. The van der Waals surface area contributed by atoms with Gasteiger partial charge in [-0.1, -0.05) is 18.2 Å². The average Bonchev–Trinajstić information content (AvgIpc) is 2.77. The largest absolute Gasteiger partial charge is 0.296 e. The number of hydrogen-bond acceptors (Lipinski definition) is 1. The van der Waals surface area contributed by atoms with E-state index in [2.05, 4.69) is 4.98 Å². The third kappa shape index (κ3) is 2.22. The van der Waals surface area contributed by atoms with Crippen molar-refractivity contribution in [3.63, 3.8) is 0 Å². The maximum absolute atomic E-state index is 13.3. The van der Waals surface area contributed by atoms with Gasteiger partial charge in [0.1, 0.15) is 11.6 Å². The molecular weight excluding hydrogens is 263 g/mol. The Morgan fingerprint density at radius 3 is 2.63 bits per heavy atom. The van der Waals surface area contributed by atoms with Crippen LogP contribution >= 0.6 is 11.6 Å². The van der Waals surface area contributed by atoms with Crippen LogP contribution in [0.25, 0.3) is 16.7 Å². The molecule has 0 N–H and O–H groups in total. The fraction of sp³-hybridized carbons (Fsp3) is 0.133. The van der Waals surface area contributed by atoms with Gasteiger partial charge in [-0.15, -0.1) is 11.6 Å². The van der Waals surface area contributed by atoms with Crippen molar-refractivity contribution in [2.24, 2.45) is 0 Å². The molecule has 0 fully saturated rings. The van der Waals surface area contributed by atoms with Gasteiger partial charge in [0.15, 0.2) is 0 Å². The number of benzene rings is 2. The highest BCUT2D eigenvalue weighted by atomic mass is 35.5. The van der Waals surface area contributed by atoms with Crippen molar-refractivity contribution in [3.05, 3.63) is 60.2 Å². The molecule has 0 aliphatic heterocycles. The van der Waals surface area contributed by atoms with Crippen LogP contribution in [0.4, 0.5) is 4.39 Å². The molecule has 0 saturated carbocycles. The molecule has 2 nitrogen and oxygen atoms in total. The standard InChI is InChI=1S/C15H12ClFN2/c16-9-8-15-18-13-10-11(17)6-7-14(13)19(15)12-4-2-1-3-5-12/h1-7,10H,8-9H2. The lowest BCUT2D eigenvalue weighted by Gasteiger charge is -2.08. The highest BCUT2D eigenvalue weighted by Crippen LogP contribution is 2.22. The van der Waals surface area contributed by atoms with Crippen LogP contribution in [0.5, 0.6) is 0 Å². The van der Waals surface area contributed by atoms with Gasteiger partial charge in [-0.3, -0.25) is 4.57 Å². The van der Waals surface area contributed by atoms with E-state index < -0.39 is 0 Å². The Bertz CT molecular complexity index is 707. The minimum atomic E-state index is -0.275. The van der Waals surface area contributed by atoms with Crippen molar-refractivity contribution in [1.29, 1.82) is 0 Å². The zero-order valence-electron chi connectivity index (χ0n) is 10.2. The van der Waals surface area contributed by atoms with E-state index in [1.54, 1.807) is 6.07 Å². The number of aromatic nitrogens is 2. The summed E-state index contributed by atoms with van der Waals surface area (Å²) in [6.45, 7) is 0. The number of aryl methyl sites for hydroxylation is 1. The fourth-order valence-corrected chi connectivity index (χ4v) is 2.39. The summed E-state index contributed by atoms with van der Waals surface area (Å²) in [6, 6.07) is 14.6. The summed E-state index contributed by atoms with van der Waals surface area (Å²) >= 11 is 5.83. The Balaban J connectivity index is 2.28. The van der Waals surface area contributed by atoms with E-state index in [9.17, 15) is 4.39 Å². The second-order valence-electron chi connectivity index (χ2n) is 4.27. The maximum atomic E-state index is 13.3. The SMILES string of the molecule is Fc1ccc2c(c1)nc(CCCl)n2-c1ccccc1. The Kier molecular flexibility index (Phi) is 3.22. The molecule has 0 radical (unpaired) electrons. The fourth-order valence-electron chi connectivity index (χ4n) is 2.22. The van der Waals surface area contributed by atoms with Crippen LogP contribution in [0.3, 0.4) is 0 Å². The molecule has 0 unspecified atom stereocenters. The Labute approximate surface area is 115 Å². The van der Waals surface area contributed by atoms with E-state index in [0.717, 1.165) is 17.0 Å². The normalized spacial score (nSPS) is 11.1. The van der Waals surface area contributed by atoms with E-state index >= 15 is 0 Å². The lowest BCUT2D eigenvalue weighted by Crippen LogP contribution is -2.01. The molecule has 0 atom stereocenters. The summed E-state index contributed by atoms with van der Waals surface area (Å²) in [5, 5.41) is 0. The van der Waals surface area contributed by atoms with Gasteiger partial charge < -0.3 is 0 Å². The molecule has 1 aromatic heterocycles.